The highest BCUT2D eigenvalue weighted by molar-refractivity contribution is 5.29. The Labute approximate surface area is 163 Å². The average molecular weight is 369 g/mol. The summed E-state index contributed by atoms with van der Waals surface area (Å²) in [5.74, 6) is 1.09. The molecule has 0 aliphatic heterocycles. The van der Waals surface area contributed by atoms with E-state index in [1.165, 1.54) is 24.0 Å². The van der Waals surface area contributed by atoms with E-state index >= 15 is 0 Å². The minimum Gasteiger partial charge on any atom is -0.390 e. The largest absolute Gasteiger partial charge is 0.390 e. The number of aliphatic hydroxyl groups is 2. The molecule has 2 aliphatic carbocycles. The lowest BCUT2D eigenvalue weighted by molar-refractivity contribution is -0.102. The minimum atomic E-state index is -0.667. The van der Waals surface area contributed by atoms with Crippen LogP contribution in [0.3, 0.4) is 0 Å². The van der Waals surface area contributed by atoms with Gasteiger partial charge < -0.3 is 14.9 Å². The summed E-state index contributed by atoms with van der Waals surface area (Å²) in [5, 5.41) is 20.7. The van der Waals surface area contributed by atoms with Crippen molar-refractivity contribution in [2.24, 2.45) is 5.92 Å². The van der Waals surface area contributed by atoms with E-state index < -0.39 is 18.3 Å². The van der Waals surface area contributed by atoms with Crippen LogP contribution in [0.1, 0.15) is 50.5 Å². The molecule has 0 unspecified atom stereocenters. The Kier molecular flexibility index (Phi) is 7.06. The first-order valence-electron chi connectivity index (χ1n) is 10.1. The van der Waals surface area contributed by atoms with E-state index in [0.717, 1.165) is 12.0 Å². The Morgan fingerprint density at radius 1 is 1.11 bits per heavy atom. The first-order chi connectivity index (χ1) is 13.1. The standard InChI is InChI=1S/C24H32O3/c1-3-14-27-24-22(25)15-18(16-23(24)26)12-13-19-10-7-11-21(17(19)2)20-8-5-4-6-9-20/h3-6,8-9,12-13,17,21-26H,1,7,10-11,14-16H2,2H3/b18-12?,19-13+/t17-,21-,22+,23+,24?/m0/s1. The highest BCUT2D eigenvalue weighted by Gasteiger charge is 2.33. The van der Waals surface area contributed by atoms with Crippen LogP contribution in [-0.4, -0.2) is 35.1 Å². The van der Waals surface area contributed by atoms with Crippen molar-refractivity contribution in [3.8, 4) is 0 Å². The van der Waals surface area contributed by atoms with Gasteiger partial charge in [-0.05, 0) is 49.5 Å². The summed E-state index contributed by atoms with van der Waals surface area (Å²) in [7, 11) is 0. The van der Waals surface area contributed by atoms with Crippen LogP contribution in [0, 0.1) is 5.92 Å². The summed E-state index contributed by atoms with van der Waals surface area (Å²) >= 11 is 0. The lowest BCUT2D eigenvalue weighted by Crippen LogP contribution is -2.44. The van der Waals surface area contributed by atoms with Gasteiger partial charge in [0.05, 0.1) is 18.8 Å². The van der Waals surface area contributed by atoms with Crippen molar-refractivity contribution in [2.45, 2.75) is 63.3 Å². The smallest absolute Gasteiger partial charge is 0.110 e. The predicted molar refractivity (Wildman–Crippen MR) is 110 cm³/mol. The summed E-state index contributed by atoms with van der Waals surface area (Å²) in [6.07, 6.45) is 8.82. The van der Waals surface area contributed by atoms with E-state index in [1.807, 2.05) is 0 Å². The van der Waals surface area contributed by atoms with Crippen LogP contribution in [0.5, 0.6) is 0 Å². The predicted octanol–water partition coefficient (Wildman–Crippen LogP) is 4.53. The van der Waals surface area contributed by atoms with Crippen molar-refractivity contribution >= 4 is 0 Å². The van der Waals surface area contributed by atoms with Crippen LogP contribution in [0.4, 0.5) is 0 Å². The maximum atomic E-state index is 10.3. The van der Waals surface area contributed by atoms with E-state index in [0.29, 0.717) is 31.3 Å². The van der Waals surface area contributed by atoms with Gasteiger partial charge >= 0.3 is 0 Å². The summed E-state index contributed by atoms with van der Waals surface area (Å²) < 4.78 is 5.52. The molecule has 2 aliphatic rings. The zero-order valence-electron chi connectivity index (χ0n) is 16.3. The van der Waals surface area contributed by atoms with Crippen molar-refractivity contribution < 1.29 is 14.9 Å². The van der Waals surface area contributed by atoms with Gasteiger partial charge in [-0.3, -0.25) is 0 Å². The van der Waals surface area contributed by atoms with Gasteiger partial charge in [0.1, 0.15) is 6.10 Å². The molecule has 0 radical (unpaired) electrons. The van der Waals surface area contributed by atoms with E-state index in [4.69, 9.17) is 4.74 Å². The van der Waals surface area contributed by atoms with Crippen LogP contribution in [-0.2, 0) is 4.74 Å². The molecule has 1 aromatic carbocycles. The molecule has 4 atom stereocenters. The van der Waals surface area contributed by atoms with Crippen molar-refractivity contribution in [1.82, 2.24) is 0 Å². The van der Waals surface area contributed by atoms with Gasteiger partial charge in [0.25, 0.3) is 0 Å². The van der Waals surface area contributed by atoms with Gasteiger partial charge in [-0.15, -0.1) is 6.58 Å². The van der Waals surface area contributed by atoms with Crippen LogP contribution in [0.15, 0.2) is 66.3 Å². The van der Waals surface area contributed by atoms with Crippen molar-refractivity contribution in [3.05, 3.63) is 71.8 Å². The summed E-state index contributed by atoms with van der Waals surface area (Å²) in [5.41, 5.74) is 3.99. The molecule has 146 valence electrons. The molecule has 0 aromatic heterocycles. The third kappa shape index (κ3) is 4.98. The molecule has 3 nitrogen and oxygen atoms in total. The first-order valence-corrected chi connectivity index (χ1v) is 10.1. The first kappa shape index (κ1) is 20.1. The van der Waals surface area contributed by atoms with Gasteiger partial charge in [0, 0.05) is 0 Å². The normalized spacial score (nSPS) is 33.1. The number of rotatable bonds is 5. The zero-order valence-corrected chi connectivity index (χ0v) is 16.3. The molecule has 3 rings (SSSR count). The lowest BCUT2D eigenvalue weighted by atomic mass is 9.73. The maximum Gasteiger partial charge on any atom is 0.110 e. The molecule has 0 amide bonds. The molecule has 27 heavy (non-hydrogen) atoms. The third-order valence-corrected chi connectivity index (χ3v) is 6.04. The molecule has 3 heteroatoms. The van der Waals surface area contributed by atoms with E-state index in [1.54, 1.807) is 6.08 Å². The van der Waals surface area contributed by atoms with Gasteiger partial charge in [-0.2, -0.15) is 0 Å². The monoisotopic (exact) mass is 368 g/mol. The molecule has 0 heterocycles. The number of allylic oxidation sites excluding steroid dienone is 3. The second-order valence-corrected chi connectivity index (χ2v) is 7.89. The molecule has 1 aromatic rings. The molecule has 2 saturated carbocycles. The Morgan fingerprint density at radius 2 is 1.81 bits per heavy atom. The number of hydrogen-bond donors (Lipinski definition) is 2. The maximum absolute atomic E-state index is 10.3. The van der Waals surface area contributed by atoms with Crippen LogP contribution >= 0.6 is 0 Å². The fourth-order valence-corrected chi connectivity index (χ4v) is 4.52. The van der Waals surface area contributed by atoms with E-state index in [-0.39, 0.29) is 0 Å². The third-order valence-electron chi connectivity index (χ3n) is 6.04. The molecule has 0 saturated heterocycles. The number of aliphatic hydroxyl groups excluding tert-OH is 2. The van der Waals surface area contributed by atoms with Crippen molar-refractivity contribution in [3.63, 3.8) is 0 Å². The molecule has 2 N–H and O–H groups in total. The highest BCUT2D eigenvalue weighted by Crippen LogP contribution is 2.41. The van der Waals surface area contributed by atoms with Crippen molar-refractivity contribution in [1.29, 1.82) is 0 Å². The average Bonchev–Trinajstić information content (AvgIpc) is 2.67. The summed E-state index contributed by atoms with van der Waals surface area (Å²) in [4.78, 5) is 0. The van der Waals surface area contributed by atoms with Gasteiger partial charge in [-0.1, -0.05) is 66.6 Å². The summed E-state index contributed by atoms with van der Waals surface area (Å²) in [6.45, 7) is 6.29. The minimum absolute atomic E-state index is 0.347. The number of benzene rings is 1. The second kappa shape index (κ2) is 9.50. The van der Waals surface area contributed by atoms with Gasteiger partial charge in [-0.25, -0.2) is 0 Å². The Balaban J connectivity index is 1.68. The highest BCUT2D eigenvalue weighted by atomic mass is 16.5. The van der Waals surface area contributed by atoms with E-state index in [9.17, 15) is 10.2 Å². The van der Waals surface area contributed by atoms with Gasteiger partial charge in [0.2, 0.25) is 0 Å². The van der Waals surface area contributed by atoms with Gasteiger partial charge in [0.15, 0.2) is 0 Å². The number of ether oxygens (including phenoxy) is 1. The van der Waals surface area contributed by atoms with Crippen LogP contribution in [0.2, 0.25) is 0 Å². The zero-order chi connectivity index (χ0) is 19.2. The fourth-order valence-electron chi connectivity index (χ4n) is 4.52. The SMILES string of the molecule is C=CCOC1[C@H](O)CC(=C/C=C2\CCC[C@H](c3ccccc3)[C@H]2C)C[C@H]1O. The Morgan fingerprint density at radius 3 is 2.48 bits per heavy atom. The number of hydrogen-bond acceptors (Lipinski definition) is 3. The van der Waals surface area contributed by atoms with Crippen LogP contribution in [0.25, 0.3) is 0 Å². The van der Waals surface area contributed by atoms with Crippen LogP contribution < -0.4 is 0 Å². The molecular weight excluding hydrogens is 336 g/mol. The molecule has 0 bridgehead atoms. The second-order valence-electron chi connectivity index (χ2n) is 7.89. The fraction of sp³-hybridized carbons (Fsp3) is 0.500. The Bertz CT molecular complexity index is 662. The quantitative estimate of drug-likeness (QED) is 0.751. The topological polar surface area (TPSA) is 49.7 Å². The lowest BCUT2D eigenvalue weighted by Gasteiger charge is -2.34. The molecule has 2 fully saturated rings. The Hall–Kier alpha value is -1.68. The van der Waals surface area contributed by atoms with Crippen molar-refractivity contribution in [2.75, 3.05) is 6.61 Å². The van der Waals surface area contributed by atoms with E-state index in [2.05, 4.69) is 56.0 Å². The summed E-state index contributed by atoms with van der Waals surface area (Å²) in [6, 6.07) is 10.8. The molecule has 0 spiro atoms. The molecular formula is C24H32O3.